The third kappa shape index (κ3) is 1.65. The van der Waals surface area contributed by atoms with Gasteiger partial charge in [0, 0.05) is 5.92 Å². The first-order valence-electron chi connectivity index (χ1n) is 4.01. The summed E-state index contributed by atoms with van der Waals surface area (Å²) in [5.74, 6) is 0.198. The Balaban J connectivity index is 2.29. The van der Waals surface area contributed by atoms with E-state index in [9.17, 15) is 0 Å². The second-order valence-electron chi connectivity index (χ2n) is 3.26. The molecule has 0 saturated heterocycles. The molecule has 1 aliphatic rings. The fourth-order valence-electron chi connectivity index (χ4n) is 1.40. The predicted octanol–water partition coefficient (Wildman–Crippen LogP) is 3.22. The highest BCUT2D eigenvalue weighted by atomic mass is 35.5. The molecular formula is C10H7Cl2N. The van der Waals surface area contributed by atoms with Gasteiger partial charge in [0.05, 0.1) is 11.6 Å². The van der Waals surface area contributed by atoms with Gasteiger partial charge in [-0.2, -0.15) is 5.26 Å². The summed E-state index contributed by atoms with van der Waals surface area (Å²) >= 11 is 11.8. The Morgan fingerprint density at radius 2 is 2.15 bits per heavy atom. The summed E-state index contributed by atoms with van der Waals surface area (Å²) in [6.07, 6.45) is 0.783. The largest absolute Gasteiger partial charge is 0.192 e. The third-order valence-corrected chi connectivity index (χ3v) is 3.08. The summed E-state index contributed by atoms with van der Waals surface area (Å²) in [5.41, 5.74) is 1.72. The molecule has 3 heteroatoms. The van der Waals surface area contributed by atoms with Crippen LogP contribution in [0.2, 0.25) is 0 Å². The van der Waals surface area contributed by atoms with Crippen LogP contribution in [-0.2, 0) is 0 Å². The van der Waals surface area contributed by atoms with Crippen molar-refractivity contribution < 1.29 is 0 Å². The minimum absolute atomic E-state index is 0.198. The van der Waals surface area contributed by atoms with Gasteiger partial charge in [-0.25, -0.2) is 0 Å². The molecule has 1 aromatic carbocycles. The monoisotopic (exact) mass is 211 g/mol. The van der Waals surface area contributed by atoms with E-state index in [-0.39, 0.29) is 5.92 Å². The van der Waals surface area contributed by atoms with Crippen LogP contribution in [0.25, 0.3) is 0 Å². The van der Waals surface area contributed by atoms with Crippen molar-refractivity contribution in [3.63, 3.8) is 0 Å². The second kappa shape index (κ2) is 2.90. The SMILES string of the molecule is N#Cc1cccc(C2CC2(Cl)Cl)c1. The van der Waals surface area contributed by atoms with Crippen molar-refractivity contribution in [3.05, 3.63) is 35.4 Å². The first-order chi connectivity index (χ1) is 6.13. The van der Waals surface area contributed by atoms with Gasteiger partial charge in [0.1, 0.15) is 4.33 Å². The first-order valence-corrected chi connectivity index (χ1v) is 4.77. The van der Waals surface area contributed by atoms with E-state index in [1.807, 2.05) is 18.2 Å². The summed E-state index contributed by atoms with van der Waals surface area (Å²) < 4.78 is -0.603. The summed E-state index contributed by atoms with van der Waals surface area (Å²) in [7, 11) is 0. The van der Waals surface area contributed by atoms with Gasteiger partial charge in [0.2, 0.25) is 0 Å². The van der Waals surface area contributed by atoms with E-state index in [1.54, 1.807) is 6.07 Å². The van der Waals surface area contributed by atoms with E-state index < -0.39 is 4.33 Å². The number of hydrogen-bond donors (Lipinski definition) is 0. The van der Waals surface area contributed by atoms with Gasteiger partial charge in [-0.1, -0.05) is 12.1 Å². The van der Waals surface area contributed by atoms with E-state index in [1.165, 1.54) is 0 Å². The number of alkyl halides is 2. The Morgan fingerprint density at radius 3 is 2.69 bits per heavy atom. The maximum absolute atomic E-state index is 8.68. The van der Waals surface area contributed by atoms with Crippen LogP contribution in [0.1, 0.15) is 23.5 Å². The fraction of sp³-hybridized carbons (Fsp3) is 0.300. The van der Waals surface area contributed by atoms with Crippen molar-refractivity contribution >= 4 is 23.2 Å². The smallest absolute Gasteiger partial charge is 0.125 e. The van der Waals surface area contributed by atoms with E-state index in [0.717, 1.165) is 12.0 Å². The molecule has 0 radical (unpaired) electrons. The molecular weight excluding hydrogens is 205 g/mol. The number of halogens is 2. The Hall–Kier alpha value is -0.710. The van der Waals surface area contributed by atoms with Crippen LogP contribution in [-0.4, -0.2) is 4.33 Å². The van der Waals surface area contributed by atoms with E-state index in [4.69, 9.17) is 28.5 Å². The van der Waals surface area contributed by atoms with Crippen LogP contribution in [0.3, 0.4) is 0 Å². The number of hydrogen-bond acceptors (Lipinski definition) is 1. The zero-order chi connectivity index (χ0) is 9.47. The third-order valence-electron chi connectivity index (χ3n) is 2.24. The topological polar surface area (TPSA) is 23.8 Å². The summed E-state index contributed by atoms with van der Waals surface area (Å²) in [6.45, 7) is 0. The molecule has 1 nitrogen and oxygen atoms in total. The van der Waals surface area contributed by atoms with Crippen molar-refractivity contribution in [2.75, 3.05) is 0 Å². The number of nitrogens with zero attached hydrogens (tertiary/aromatic N) is 1. The molecule has 0 amide bonds. The summed E-state index contributed by atoms with van der Waals surface area (Å²) in [5, 5.41) is 8.68. The van der Waals surface area contributed by atoms with E-state index >= 15 is 0 Å². The van der Waals surface area contributed by atoms with Gasteiger partial charge >= 0.3 is 0 Å². The number of rotatable bonds is 1. The van der Waals surface area contributed by atoms with Crippen LogP contribution in [0, 0.1) is 11.3 Å². The summed E-state index contributed by atoms with van der Waals surface area (Å²) in [4.78, 5) is 0. The van der Waals surface area contributed by atoms with Crippen LogP contribution in [0.4, 0.5) is 0 Å². The van der Waals surface area contributed by atoms with Crippen LogP contribution >= 0.6 is 23.2 Å². The maximum atomic E-state index is 8.68. The molecule has 0 aromatic heterocycles. The van der Waals surface area contributed by atoms with Crippen molar-refractivity contribution in [2.45, 2.75) is 16.7 Å². The highest BCUT2D eigenvalue weighted by molar-refractivity contribution is 6.51. The average molecular weight is 212 g/mol. The molecule has 1 aliphatic carbocycles. The normalized spacial score (nSPS) is 23.6. The van der Waals surface area contributed by atoms with E-state index in [2.05, 4.69) is 6.07 Å². The molecule has 0 N–H and O–H groups in total. The van der Waals surface area contributed by atoms with Crippen molar-refractivity contribution in [2.24, 2.45) is 0 Å². The van der Waals surface area contributed by atoms with Gasteiger partial charge in [-0.3, -0.25) is 0 Å². The maximum Gasteiger partial charge on any atom is 0.125 e. The number of nitriles is 1. The molecule has 2 rings (SSSR count). The second-order valence-corrected chi connectivity index (χ2v) is 4.80. The molecule has 13 heavy (non-hydrogen) atoms. The molecule has 0 spiro atoms. The van der Waals surface area contributed by atoms with Crippen molar-refractivity contribution in [3.8, 4) is 6.07 Å². The minimum Gasteiger partial charge on any atom is -0.192 e. The zero-order valence-corrected chi connectivity index (χ0v) is 8.31. The lowest BCUT2D eigenvalue weighted by Crippen LogP contribution is -1.90. The molecule has 0 heterocycles. The minimum atomic E-state index is -0.603. The molecule has 0 bridgehead atoms. The Morgan fingerprint density at radius 1 is 1.46 bits per heavy atom. The Labute approximate surface area is 86.9 Å². The van der Waals surface area contributed by atoms with Gasteiger partial charge in [-0.05, 0) is 24.1 Å². The van der Waals surface area contributed by atoms with Gasteiger partial charge in [0.25, 0.3) is 0 Å². The lowest BCUT2D eigenvalue weighted by Gasteiger charge is -2.00. The highest BCUT2D eigenvalue weighted by Crippen LogP contribution is 2.59. The van der Waals surface area contributed by atoms with Gasteiger partial charge in [0.15, 0.2) is 0 Å². The van der Waals surface area contributed by atoms with Crippen LogP contribution in [0.5, 0.6) is 0 Å². The molecule has 1 unspecified atom stereocenters. The molecule has 66 valence electrons. The fourth-order valence-corrected chi connectivity index (χ4v) is 1.96. The van der Waals surface area contributed by atoms with Gasteiger partial charge in [-0.15, -0.1) is 23.2 Å². The van der Waals surface area contributed by atoms with Crippen LogP contribution < -0.4 is 0 Å². The van der Waals surface area contributed by atoms with Crippen molar-refractivity contribution in [1.82, 2.24) is 0 Å². The van der Waals surface area contributed by atoms with Gasteiger partial charge < -0.3 is 0 Å². The van der Waals surface area contributed by atoms with Crippen molar-refractivity contribution in [1.29, 1.82) is 5.26 Å². The van der Waals surface area contributed by atoms with E-state index in [0.29, 0.717) is 5.56 Å². The molecule has 1 atom stereocenters. The predicted molar refractivity (Wildman–Crippen MR) is 53.0 cm³/mol. The average Bonchev–Trinajstić information content (AvgIpc) is 2.76. The first kappa shape index (κ1) is 8.87. The lowest BCUT2D eigenvalue weighted by atomic mass is 10.1. The quantitative estimate of drug-likeness (QED) is 0.655. The Kier molecular flexibility index (Phi) is 1.98. The molecule has 0 aliphatic heterocycles. The lowest BCUT2D eigenvalue weighted by molar-refractivity contribution is 1.10. The highest BCUT2D eigenvalue weighted by Gasteiger charge is 2.52. The zero-order valence-electron chi connectivity index (χ0n) is 6.80. The summed E-state index contributed by atoms with van der Waals surface area (Å²) in [6, 6.07) is 9.52. The number of benzene rings is 1. The standard InChI is InChI=1S/C10H7Cl2N/c11-10(12)5-9(10)8-3-1-2-7(4-8)6-13/h1-4,9H,5H2. The molecule has 1 saturated carbocycles. The molecule has 1 aromatic rings. The van der Waals surface area contributed by atoms with Crippen LogP contribution in [0.15, 0.2) is 24.3 Å². The Bertz CT molecular complexity index is 379. The molecule has 1 fully saturated rings.